The molecule has 1 amide bonds. The van der Waals surface area contributed by atoms with Gasteiger partial charge in [0.05, 0.1) is 5.69 Å². The van der Waals surface area contributed by atoms with E-state index in [4.69, 9.17) is 10.1 Å². The van der Waals surface area contributed by atoms with Gasteiger partial charge in [-0.05, 0) is 68.0 Å². The average Bonchev–Trinajstić information content (AvgIpc) is 3.30. The summed E-state index contributed by atoms with van der Waals surface area (Å²) in [5, 5.41) is 7.94. The van der Waals surface area contributed by atoms with Crippen LogP contribution in [0.5, 0.6) is 0 Å². The molecule has 0 atom stereocenters. The number of piperidine rings is 1. The van der Waals surface area contributed by atoms with Crippen LogP contribution in [-0.2, 0) is 4.79 Å². The Morgan fingerprint density at radius 1 is 1.03 bits per heavy atom. The second kappa shape index (κ2) is 9.53. The number of fused-ring (bicyclic) bond motifs is 1. The van der Waals surface area contributed by atoms with Crippen LogP contribution in [0.15, 0.2) is 60.9 Å². The predicted molar refractivity (Wildman–Crippen MR) is 142 cm³/mol. The fourth-order valence-corrected chi connectivity index (χ4v) is 4.84. The maximum atomic E-state index is 12.9. The summed E-state index contributed by atoms with van der Waals surface area (Å²) in [6, 6.07) is 16.8. The standard InChI is InChI=1S/C29H33N5O/c1-19(2)22-7-9-24(10-8-22)31-29(35)23-11-14-33(15-12-23)28-27-18-26(32-34(27)16-13-30-28)25-17-20(3)5-6-21(25)4/h5-10,13,16-19,23H,11-12,14-15H2,1-4H3,(H,31,35). The molecule has 2 aromatic heterocycles. The molecule has 6 nitrogen and oxygen atoms in total. The first kappa shape index (κ1) is 23.1. The van der Waals surface area contributed by atoms with Gasteiger partial charge in [-0.25, -0.2) is 9.50 Å². The molecule has 3 heterocycles. The first-order valence-corrected chi connectivity index (χ1v) is 12.5. The van der Waals surface area contributed by atoms with E-state index in [1.807, 2.05) is 29.0 Å². The number of hydrogen-bond donors (Lipinski definition) is 1. The third kappa shape index (κ3) is 4.78. The van der Waals surface area contributed by atoms with Crippen LogP contribution in [0.4, 0.5) is 11.5 Å². The van der Waals surface area contributed by atoms with Gasteiger partial charge in [-0.2, -0.15) is 5.10 Å². The van der Waals surface area contributed by atoms with E-state index in [0.29, 0.717) is 5.92 Å². The number of rotatable bonds is 5. The Balaban J connectivity index is 1.29. The summed E-state index contributed by atoms with van der Waals surface area (Å²) >= 11 is 0. The van der Waals surface area contributed by atoms with Crippen molar-refractivity contribution in [2.45, 2.75) is 46.5 Å². The van der Waals surface area contributed by atoms with Gasteiger partial charge >= 0.3 is 0 Å². The van der Waals surface area contributed by atoms with E-state index in [0.717, 1.165) is 54.2 Å². The number of benzene rings is 2. The van der Waals surface area contributed by atoms with Gasteiger partial charge in [-0.3, -0.25) is 4.79 Å². The van der Waals surface area contributed by atoms with Gasteiger partial charge < -0.3 is 10.2 Å². The Morgan fingerprint density at radius 3 is 2.49 bits per heavy atom. The zero-order chi connectivity index (χ0) is 24.5. The molecule has 6 heteroatoms. The van der Waals surface area contributed by atoms with Crippen LogP contribution in [0.25, 0.3) is 16.8 Å². The Bertz CT molecular complexity index is 1350. The fraction of sp³-hybridized carbons (Fsp3) is 0.345. The third-order valence-corrected chi connectivity index (χ3v) is 7.05. The van der Waals surface area contributed by atoms with Crippen molar-refractivity contribution in [3.63, 3.8) is 0 Å². The number of nitrogens with zero attached hydrogens (tertiary/aromatic N) is 4. The van der Waals surface area contributed by atoms with Crippen LogP contribution < -0.4 is 10.2 Å². The lowest BCUT2D eigenvalue weighted by Crippen LogP contribution is -2.38. The molecule has 1 aliphatic rings. The highest BCUT2D eigenvalue weighted by Gasteiger charge is 2.27. The van der Waals surface area contributed by atoms with E-state index >= 15 is 0 Å². The first-order chi connectivity index (χ1) is 16.9. The molecule has 2 aromatic carbocycles. The Hall–Kier alpha value is -3.67. The number of aromatic nitrogens is 3. The molecular formula is C29H33N5O. The Kier molecular flexibility index (Phi) is 6.29. The molecule has 0 unspecified atom stereocenters. The topological polar surface area (TPSA) is 62.5 Å². The van der Waals surface area contributed by atoms with Gasteiger partial charge in [0.25, 0.3) is 0 Å². The second-order valence-electron chi connectivity index (χ2n) is 9.96. The molecular weight excluding hydrogens is 434 g/mol. The van der Waals surface area contributed by atoms with Crippen molar-refractivity contribution in [1.82, 2.24) is 14.6 Å². The molecule has 1 saturated heterocycles. The van der Waals surface area contributed by atoms with Crippen LogP contribution in [-0.4, -0.2) is 33.6 Å². The highest BCUT2D eigenvalue weighted by Crippen LogP contribution is 2.30. The number of carbonyl (C=O) groups is 1. The molecule has 0 saturated carbocycles. The van der Waals surface area contributed by atoms with E-state index in [2.05, 4.69) is 74.3 Å². The van der Waals surface area contributed by atoms with Crippen molar-refractivity contribution in [3.05, 3.63) is 77.6 Å². The maximum absolute atomic E-state index is 12.9. The van der Waals surface area contributed by atoms with Crippen LogP contribution in [0.2, 0.25) is 0 Å². The van der Waals surface area contributed by atoms with Gasteiger partial charge in [0, 0.05) is 42.7 Å². The Morgan fingerprint density at radius 2 is 1.77 bits per heavy atom. The zero-order valence-electron chi connectivity index (χ0n) is 21.0. The molecule has 1 aliphatic heterocycles. The number of hydrogen-bond acceptors (Lipinski definition) is 4. The monoisotopic (exact) mass is 467 g/mol. The zero-order valence-corrected chi connectivity index (χ0v) is 21.0. The van der Waals surface area contributed by atoms with Crippen LogP contribution in [0, 0.1) is 19.8 Å². The van der Waals surface area contributed by atoms with Crippen molar-refractivity contribution >= 4 is 22.9 Å². The van der Waals surface area contributed by atoms with Gasteiger partial charge in [0.15, 0.2) is 5.82 Å². The summed E-state index contributed by atoms with van der Waals surface area (Å²) < 4.78 is 1.92. The summed E-state index contributed by atoms with van der Waals surface area (Å²) in [5.74, 6) is 1.52. The molecule has 180 valence electrons. The van der Waals surface area contributed by atoms with Crippen LogP contribution in [0.3, 0.4) is 0 Å². The minimum absolute atomic E-state index is 0.00572. The summed E-state index contributed by atoms with van der Waals surface area (Å²) in [4.78, 5) is 19.9. The van der Waals surface area contributed by atoms with Crippen molar-refractivity contribution in [3.8, 4) is 11.3 Å². The number of nitrogens with one attached hydrogen (secondary N) is 1. The molecule has 0 aliphatic carbocycles. The summed E-state index contributed by atoms with van der Waals surface area (Å²) in [7, 11) is 0. The van der Waals surface area contributed by atoms with E-state index < -0.39 is 0 Å². The highest BCUT2D eigenvalue weighted by molar-refractivity contribution is 5.92. The summed E-state index contributed by atoms with van der Waals surface area (Å²) in [6.45, 7) is 10.2. The lowest BCUT2D eigenvalue weighted by Gasteiger charge is -2.32. The third-order valence-electron chi connectivity index (χ3n) is 7.05. The molecule has 35 heavy (non-hydrogen) atoms. The smallest absolute Gasteiger partial charge is 0.227 e. The quantitative estimate of drug-likeness (QED) is 0.391. The fourth-order valence-electron chi connectivity index (χ4n) is 4.84. The second-order valence-corrected chi connectivity index (χ2v) is 9.96. The average molecular weight is 468 g/mol. The lowest BCUT2D eigenvalue weighted by atomic mass is 9.95. The summed E-state index contributed by atoms with van der Waals surface area (Å²) in [5.41, 5.74) is 7.67. The van der Waals surface area contributed by atoms with Crippen LogP contribution >= 0.6 is 0 Å². The summed E-state index contributed by atoms with van der Waals surface area (Å²) in [6.07, 6.45) is 5.31. The van der Waals surface area contributed by atoms with Crippen molar-refractivity contribution in [1.29, 1.82) is 0 Å². The molecule has 4 aromatic rings. The highest BCUT2D eigenvalue weighted by atomic mass is 16.1. The van der Waals surface area contributed by atoms with Crippen molar-refractivity contribution in [2.24, 2.45) is 5.92 Å². The number of carbonyl (C=O) groups excluding carboxylic acids is 1. The normalized spacial score (nSPS) is 14.6. The van der Waals surface area contributed by atoms with Gasteiger partial charge in [0.1, 0.15) is 5.52 Å². The first-order valence-electron chi connectivity index (χ1n) is 12.5. The lowest BCUT2D eigenvalue weighted by molar-refractivity contribution is -0.120. The van der Waals surface area contributed by atoms with Gasteiger partial charge in [0.2, 0.25) is 5.91 Å². The van der Waals surface area contributed by atoms with E-state index in [-0.39, 0.29) is 11.8 Å². The molecule has 0 spiro atoms. The molecule has 0 radical (unpaired) electrons. The largest absolute Gasteiger partial charge is 0.355 e. The Labute approximate surface area is 207 Å². The van der Waals surface area contributed by atoms with E-state index in [9.17, 15) is 4.79 Å². The number of amides is 1. The molecule has 1 N–H and O–H groups in total. The molecule has 5 rings (SSSR count). The van der Waals surface area contributed by atoms with Crippen molar-refractivity contribution in [2.75, 3.05) is 23.3 Å². The predicted octanol–water partition coefficient (Wildman–Crippen LogP) is 5.99. The van der Waals surface area contributed by atoms with Gasteiger partial charge in [-0.1, -0.05) is 43.7 Å². The molecule has 1 fully saturated rings. The number of anilines is 2. The maximum Gasteiger partial charge on any atom is 0.227 e. The van der Waals surface area contributed by atoms with Gasteiger partial charge in [-0.15, -0.1) is 0 Å². The molecule has 0 bridgehead atoms. The minimum atomic E-state index is 0.00572. The van der Waals surface area contributed by atoms with E-state index in [1.54, 1.807) is 0 Å². The number of aryl methyl sites for hydroxylation is 2. The SMILES string of the molecule is Cc1ccc(C)c(-c2cc3c(N4CCC(C(=O)Nc5ccc(C(C)C)cc5)CC4)nccn3n2)c1. The van der Waals surface area contributed by atoms with Crippen LogP contribution in [0.1, 0.15) is 49.3 Å². The minimum Gasteiger partial charge on any atom is -0.355 e. The van der Waals surface area contributed by atoms with E-state index in [1.165, 1.54) is 16.7 Å². The van der Waals surface area contributed by atoms with Crippen molar-refractivity contribution < 1.29 is 4.79 Å².